The molecular weight excluding hydrogens is 524 g/mol. The minimum Gasteiger partial charge on any atom is -0.395 e. The summed E-state index contributed by atoms with van der Waals surface area (Å²) in [6, 6.07) is 0.00714. The van der Waals surface area contributed by atoms with Crippen LogP contribution in [0.2, 0.25) is 0 Å². The van der Waals surface area contributed by atoms with Crippen molar-refractivity contribution in [3.8, 4) is 0 Å². The number of unbranched alkanes of at least 4 members (excludes halogenated alkanes) is 24. The van der Waals surface area contributed by atoms with Gasteiger partial charge in [0.25, 0.3) is 0 Å². The number of aliphatic hydroxyl groups is 4. The first-order valence-corrected chi connectivity index (χ1v) is 18.5. The van der Waals surface area contributed by atoms with Crippen molar-refractivity contribution in [1.82, 2.24) is 0 Å². The van der Waals surface area contributed by atoms with Gasteiger partial charge in [0, 0.05) is 6.04 Å². The van der Waals surface area contributed by atoms with Crippen LogP contribution in [0, 0.1) is 0 Å². The summed E-state index contributed by atoms with van der Waals surface area (Å²) >= 11 is 0. The molecule has 0 aromatic heterocycles. The fourth-order valence-corrected chi connectivity index (χ4v) is 5.52. The van der Waals surface area contributed by atoms with Crippen molar-refractivity contribution in [3.05, 3.63) is 0 Å². The van der Waals surface area contributed by atoms with Crippen molar-refractivity contribution in [2.24, 2.45) is 11.5 Å². The van der Waals surface area contributed by atoms with Crippen LogP contribution in [-0.4, -0.2) is 57.9 Å². The van der Waals surface area contributed by atoms with Crippen molar-refractivity contribution in [1.29, 1.82) is 0 Å². The average Bonchev–Trinajstić information content (AvgIpc) is 3.01. The maximum Gasteiger partial charge on any atom is 0.0972 e. The molecule has 0 saturated carbocycles. The number of aliphatic hydroxyl groups excluding tert-OH is 4. The zero-order chi connectivity index (χ0) is 31.6. The molecule has 0 aromatic carbocycles. The zero-order valence-corrected chi connectivity index (χ0v) is 28.5. The van der Waals surface area contributed by atoms with Gasteiger partial charge < -0.3 is 31.9 Å². The van der Waals surface area contributed by atoms with Gasteiger partial charge in [0.15, 0.2) is 0 Å². The summed E-state index contributed by atoms with van der Waals surface area (Å²) in [6.45, 7) is 3.99. The Morgan fingerprint density at radius 3 is 1.07 bits per heavy atom. The smallest absolute Gasteiger partial charge is 0.0972 e. The second kappa shape index (κ2) is 35.2. The van der Waals surface area contributed by atoms with E-state index in [1.54, 1.807) is 0 Å². The molecule has 42 heavy (non-hydrogen) atoms. The van der Waals surface area contributed by atoms with Crippen molar-refractivity contribution in [2.45, 2.75) is 211 Å². The lowest BCUT2D eigenvalue weighted by atomic mass is 9.88. The predicted octanol–water partition coefficient (Wildman–Crippen LogP) is 8.30. The first-order chi connectivity index (χ1) is 20.4. The monoisotopic (exact) mass is 603 g/mol. The highest BCUT2D eigenvalue weighted by molar-refractivity contribution is 4.90. The van der Waals surface area contributed by atoms with Crippen LogP contribution in [-0.2, 0) is 0 Å². The number of hydrogen-bond donors (Lipinski definition) is 6. The average molecular weight is 603 g/mol. The Labute approximate surface area is 262 Å². The van der Waals surface area contributed by atoms with Crippen LogP contribution in [0.25, 0.3) is 0 Å². The highest BCUT2D eigenvalue weighted by Crippen LogP contribution is 2.18. The lowest BCUT2D eigenvalue weighted by molar-refractivity contribution is -0.000917. The Hall–Kier alpha value is -0.240. The molecule has 0 rings (SSSR count). The van der Waals surface area contributed by atoms with E-state index in [4.69, 9.17) is 21.7 Å². The van der Waals surface area contributed by atoms with Gasteiger partial charge in [-0.05, 0) is 12.8 Å². The Morgan fingerprint density at radius 1 is 0.476 bits per heavy atom. The molecule has 0 bridgehead atoms. The van der Waals surface area contributed by atoms with Gasteiger partial charge in [0.05, 0.1) is 31.5 Å². The Balaban J connectivity index is 0. The summed E-state index contributed by atoms with van der Waals surface area (Å²) in [5, 5.41) is 36.7. The standard InChI is InChI=1S/C19H41NO3.C17H37NO/c1-2-3-4-5-6-7-8-9-10-11-12-13-14-15-19(20,17-22)18(23)16-21;1-2-3-4-5-6-7-8-9-10-11-12-13-14-15-17(18)16-19/h18,21-23H,2-17,20H2,1H3;17,19H,2-16,18H2,1H3. The molecule has 0 spiro atoms. The van der Waals surface area contributed by atoms with Crippen LogP contribution < -0.4 is 11.5 Å². The van der Waals surface area contributed by atoms with Crippen LogP contribution in [0.4, 0.5) is 0 Å². The third-order valence-electron chi connectivity index (χ3n) is 8.79. The first-order valence-electron chi connectivity index (χ1n) is 18.5. The van der Waals surface area contributed by atoms with Gasteiger partial charge in [-0.25, -0.2) is 0 Å². The second-order valence-electron chi connectivity index (χ2n) is 13.1. The van der Waals surface area contributed by atoms with Gasteiger partial charge in [-0.2, -0.15) is 0 Å². The summed E-state index contributed by atoms with van der Waals surface area (Å²) < 4.78 is 0. The first kappa shape index (κ1) is 43.9. The van der Waals surface area contributed by atoms with Gasteiger partial charge in [0.1, 0.15) is 0 Å². The van der Waals surface area contributed by atoms with E-state index in [0.29, 0.717) is 6.42 Å². The van der Waals surface area contributed by atoms with Crippen LogP contribution in [0.5, 0.6) is 0 Å². The highest BCUT2D eigenvalue weighted by Gasteiger charge is 2.31. The van der Waals surface area contributed by atoms with Crippen molar-refractivity contribution in [2.75, 3.05) is 19.8 Å². The SMILES string of the molecule is CCCCCCCCCCCCCCCC(N)(CO)C(O)CO.CCCCCCCCCCCCCCCC(N)CO. The molecule has 0 radical (unpaired) electrons. The number of rotatable bonds is 32. The molecule has 0 aliphatic carbocycles. The molecule has 0 aliphatic rings. The lowest BCUT2D eigenvalue weighted by Crippen LogP contribution is -2.55. The largest absolute Gasteiger partial charge is 0.395 e. The molecule has 0 aromatic rings. The summed E-state index contributed by atoms with van der Waals surface area (Å²) in [4.78, 5) is 0. The van der Waals surface area contributed by atoms with Crippen molar-refractivity contribution in [3.63, 3.8) is 0 Å². The Bertz CT molecular complexity index is 497. The topological polar surface area (TPSA) is 133 Å². The van der Waals surface area contributed by atoms with E-state index in [2.05, 4.69) is 13.8 Å². The fourth-order valence-electron chi connectivity index (χ4n) is 5.52. The van der Waals surface area contributed by atoms with E-state index in [1.807, 2.05) is 0 Å². The van der Waals surface area contributed by atoms with Gasteiger partial charge in [-0.1, -0.05) is 181 Å². The maximum absolute atomic E-state index is 9.63. The second-order valence-corrected chi connectivity index (χ2v) is 13.1. The fraction of sp³-hybridized carbons (Fsp3) is 1.00. The quantitative estimate of drug-likeness (QED) is 0.0429. The third kappa shape index (κ3) is 31.2. The van der Waals surface area contributed by atoms with Crippen LogP contribution in [0.1, 0.15) is 194 Å². The van der Waals surface area contributed by atoms with E-state index in [0.717, 1.165) is 19.3 Å². The van der Waals surface area contributed by atoms with E-state index in [1.165, 1.54) is 154 Å². The number of hydrogen-bond acceptors (Lipinski definition) is 6. The Kier molecular flexibility index (Phi) is 36.8. The van der Waals surface area contributed by atoms with Crippen LogP contribution in [0.3, 0.4) is 0 Å². The number of nitrogens with two attached hydrogens (primary N) is 2. The van der Waals surface area contributed by atoms with Crippen molar-refractivity contribution < 1.29 is 20.4 Å². The molecule has 0 aliphatic heterocycles. The minimum absolute atomic E-state index is 0.00714. The van der Waals surface area contributed by atoms with Crippen LogP contribution in [0.15, 0.2) is 0 Å². The molecule has 8 N–H and O–H groups in total. The molecule has 3 unspecified atom stereocenters. The van der Waals surface area contributed by atoms with E-state index in [-0.39, 0.29) is 19.3 Å². The zero-order valence-electron chi connectivity index (χ0n) is 28.5. The summed E-state index contributed by atoms with van der Waals surface area (Å²) in [5.41, 5.74) is 10.5. The molecule has 6 heteroatoms. The molecule has 3 atom stereocenters. The maximum atomic E-state index is 9.63. The molecule has 0 heterocycles. The predicted molar refractivity (Wildman–Crippen MR) is 183 cm³/mol. The molecule has 6 nitrogen and oxygen atoms in total. The van der Waals surface area contributed by atoms with Gasteiger partial charge in [-0.3, -0.25) is 0 Å². The van der Waals surface area contributed by atoms with Gasteiger partial charge in [-0.15, -0.1) is 0 Å². The third-order valence-corrected chi connectivity index (χ3v) is 8.79. The van der Waals surface area contributed by atoms with Gasteiger partial charge >= 0.3 is 0 Å². The summed E-state index contributed by atoms with van der Waals surface area (Å²) in [5.74, 6) is 0. The molecule has 256 valence electrons. The lowest BCUT2D eigenvalue weighted by Gasteiger charge is -2.31. The molecular formula is C36H78N2O4. The normalized spacial score (nSPS) is 14.3. The summed E-state index contributed by atoms with van der Waals surface area (Å²) in [7, 11) is 0. The van der Waals surface area contributed by atoms with Gasteiger partial charge in [0.2, 0.25) is 0 Å². The minimum atomic E-state index is -1.05. The molecule has 0 fully saturated rings. The molecule has 0 saturated heterocycles. The van der Waals surface area contributed by atoms with Crippen molar-refractivity contribution >= 4 is 0 Å². The summed E-state index contributed by atoms with van der Waals surface area (Å²) in [6.07, 6.45) is 35.2. The van der Waals surface area contributed by atoms with E-state index < -0.39 is 18.2 Å². The van der Waals surface area contributed by atoms with Crippen LogP contribution >= 0.6 is 0 Å². The molecule has 0 amide bonds. The highest BCUT2D eigenvalue weighted by atomic mass is 16.3. The Morgan fingerprint density at radius 2 is 0.786 bits per heavy atom. The van der Waals surface area contributed by atoms with E-state index >= 15 is 0 Å². The van der Waals surface area contributed by atoms with E-state index in [9.17, 15) is 10.2 Å².